The SMILES string of the molecule is CCCc1c(OCCCSc2ccc(C(C)=O)c(O)c2CCCO)ccc(C(C)=O)c1OCCCC(=O)O. The monoisotopic (exact) mass is 546 g/mol. The van der Waals surface area contributed by atoms with Crippen molar-refractivity contribution in [1.82, 2.24) is 0 Å². The van der Waals surface area contributed by atoms with E-state index in [9.17, 15) is 24.6 Å². The Bertz CT molecular complexity index is 1110. The Morgan fingerprint density at radius 2 is 1.55 bits per heavy atom. The number of phenols is 1. The minimum absolute atomic E-state index is 0.00451. The maximum atomic E-state index is 12.2. The summed E-state index contributed by atoms with van der Waals surface area (Å²) in [4.78, 5) is 35.7. The van der Waals surface area contributed by atoms with E-state index >= 15 is 0 Å². The lowest BCUT2D eigenvalue weighted by molar-refractivity contribution is -0.137. The molecule has 0 aliphatic carbocycles. The van der Waals surface area contributed by atoms with Crippen LogP contribution in [0.2, 0.25) is 0 Å². The number of carbonyl (C=O) groups is 3. The molecule has 0 bridgehead atoms. The van der Waals surface area contributed by atoms with Crippen LogP contribution in [0.4, 0.5) is 0 Å². The number of ether oxygens (including phenoxy) is 2. The number of phenolic OH excluding ortho intramolecular Hbond substituents is 1. The van der Waals surface area contributed by atoms with Crippen LogP contribution in [0.5, 0.6) is 17.2 Å². The van der Waals surface area contributed by atoms with E-state index in [0.717, 1.165) is 16.9 Å². The standard InChI is InChI=1S/C29H38O8S/c1-4-8-23-25(13-11-22(20(3)32)29(23)37-16-6-10-27(33)34)36-17-7-18-38-26-14-12-21(19(2)31)28(35)24(26)9-5-15-30/h11-14,30,35H,4-10,15-18H2,1-3H3,(H,33,34). The van der Waals surface area contributed by atoms with Crippen LogP contribution in [0.25, 0.3) is 0 Å². The quantitative estimate of drug-likeness (QED) is 0.126. The van der Waals surface area contributed by atoms with Crippen LogP contribution in [0.1, 0.15) is 84.7 Å². The molecule has 0 aliphatic heterocycles. The highest BCUT2D eigenvalue weighted by molar-refractivity contribution is 7.99. The van der Waals surface area contributed by atoms with Crippen LogP contribution in [0.3, 0.4) is 0 Å². The van der Waals surface area contributed by atoms with Crippen molar-refractivity contribution in [1.29, 1.82) is 0 Å². The van der Waals surface area contributed by atoms with Gasteiger partial charge in [0.1, 0.15) is 17.2 Å². The molecule has 208 valence electrons. The first-order valence-corrected chi connectivity index (χ1v) is 13.9. The molecule has 0 amide bonds. The third-order valence-corrected chi connectivity index (χ3v) is 7.07. The summed E-state index contributed by atoms with van der Waals surface area (Å²) in [6.45, 7) is 5.52. The number of hydrogen-bond donors (Lipinski definition) is 3. The molecule has 8 nitrogen and oxygen atoms in total. The van der Waals surface area contributed by atoms with Gasteiger partial charge in [0, 0.05) is 34.8 Å². The summed E-state index contributed by atoms with van der Waals surface area (Å²) in [6, 6.07) is 6.93. The molecule has 2 aromatic rings. The number of ketones is 2. The van der Waals surface area contributed by atoms with E-state index < -0.39 is 5.97 Å². The topological polar surface area (TPSA) is 130 Å². The van der Waals surface area contributed by atoms with Crippen molar-refractivity contribution >= 4 is 29.3 Å². The lowest BCUT2D eigenvalue weighted by atomic mass is 10.0. The fourth-order valence-corrected chi connectivity index (χ4v) is 5.05. The van der Waals surface area contributed by atoms with Gasteiger partial charge in [-0.25, -0.2) is 0 Å². The average molecular weight is 547 g/mol. The molecule has 0 spiro atoms. The van der Waals surface area contributed by atoms with Gasteiger partial charge >= 0.3 is 5.97 Å². The molecule has 0 heterocycles. The summed E-state index contributed by atoms with van der Waals surface area (Å²) < 4.78 is 12.0. The Kier molecular flexibility index (Phi) is 13.2. The number of benzene rings is 2. The van der Waals surface area contributed by atoms with Gasteiger partial charge in [-0.1, -0.05) is 13.3 Å². The Labute approximate surface area is 228 Å². The molecule has 0 unspecified atom stereocenters. The van der Waals surface area contributed by atoms with E-state index in [1.54, 1.807) is 30.0 Å². The van der Waals surface area contributed by atoms with Gasteiger partial charge in [0.2, 0.25) is 0 Å². The van der Waals surface area contributed by atoms with Gasteiger partial charge in [-0.3, -0.25) is 14.4 Å². The number of thioether (sulfide) groups is 1. The lowest BCUT2D eigenvalue weighted by Gasteiger charge is -2.19. The number of Topliss-reactive ketones (excluding diaryl/α,β-unsaturated/α-hetero) is 2. The molecule has 0 saturated heterocycles. The number of aromatic hydroxyl groups is 1. The van der Waals surface area contributed by atoms with Gasteiger partial charge in [-0.2, -0.15) is 0 Å². The highest BCUT2D eigenvalue weighted by Gasteiger charge is 2.19. The van der Waals surface area contributed by atoms with Gasteiger partial charge in [0.05, 0.1) is 24.3 Å². The van der Waals surface area contributed by atoms with Crippen molar-refractivity contribution < 1.29 is 39.2 Å². The van der Waals surface area contributed by atoms with Crippen LogP contribution in [-0.2, 0) is 17.6 Å². The first-order chi connectivity index (χ1) is 18.2. The number of carboxylic acids is 1. The van der Waals surface area contributed by atoms with E-state index in [0.29, 0.717) is 67.1 Å². The van der Waals surface area contributed by atoms with Gasteiger partial charge in [0.25, 0.3) is 0 Å². The van der Waals surface area contributed by atoms with Crippen LogP contribution in [-0.4, -0.2) is 58.4 Å². The van der Waals surface area contributed by atoms with Crippen molar-refractivity contribution in [3.05, 3.63) is 46.5 Å². The van der Waals surface area contributed by atoms with Gasteiger partial charge in [0.15, 0.2) is 11.6 Å². The summed E-state index contributed by atoms with van der Waals surface area (Å²) >= 11 is 1.56. The summed E-state index contributed by atoms with van der Waals surface area (Å²) in [6.07, 6.45) is 3.45. The summed E-state index contributed by atoms with van der Waals surface area (Å²) in [5.74, 6) is 0.565. The minimum atomic E-state index is -0.894. The Hall–Kier alpha value is -3.04. The smallest absolute Gasteiger partial charge is 0.303 e. The minimum Gasteiger partial charge on any atom is -0.507 e. The van der Waals surface area contributed by atoms with Crippen molar-refractivity contribution in [3.8, 4) is 17.2 Å². The molecule has 2 aromatic carbocycles. The molecule has 0 radical (unpaired) electrons. The number of hydrogen-bond acceptors (Lipinski definition) is 8. The zero-order valence-electron chi connectivity index (χ0n) is 22.4. The number of rotatable bonds is 18. The maximum Gasteiger partial charge on any atom is 0.303 e. The number of aliphatic carboxylic acids is 1. The maximum absolute atomic E-state index is 12.2. The average Bonchev–Trinajstić information content (AvgIpc) is 2.86. The summed E-state index contributed by atoms with van der Waals surface area (Å²) in [5.41, 5.74) is 2.21. The highest BCUT2D eigenvalue weighted by Crippen LogP contribution is 2.36. The van der Waals surface area contributed by atoms with E-state index in [2.05, 4.69) is 0 Å². The first kappa shape index (κ1) is 31.2. The molecule has 9 heteroatoms. The third-order valence-electron chi connectivity index (χ3n) is 5.89. The largest absolute Gasteiger partial charge is 0.507 e. The molecule has 0 fully saturated rings. The normalized spacial score (nSPS) is 10.8. The molecule has 0 aromatic heterocycles. The number of carbonyl (C=O) groups excluding carboxylic acids is 2. The van der Waals surface area contributed by atoms with Crippen LogP contribution in [0, 0.1) is 0 Å². The number of carboxylic acid groups (broad SMARTS) is 1. The molecule has 0 atom stereocenters. The van der Waals surface area contributed by atoms with E-state index in [-0.39, 0.29) is 42.5 Å². The number of aliphatic hydroxyl groups is 1. The van der Waals surface area contributed by atoms with E-state index in [1.165, 1.54) is 13.8 Å². The molecule has 0 aliphatic rings. The van der Waals surface area contributed by atoms with Gasteiger partial charge < -0.3 is 24.8 Å². The van der Waals surface area contributed by atoms with E-state index in [4.69, 9.17) is 14.6 Å². The Balaban J connectivity index is 2.09. The second-order valence-electron chi connectivity index (χ2n) is 8.94. The molecule has 38 heavy (non-hydrogen) atoms. The predicted octanol–water partition coefficient (Wildman–Crippen LogP) is 5.48. The van der Waals surface area contributed by atoms with Crippen LogP contribution < -0.4 is 9.47 Å². The van der Waals surface area contributed by atoms with Crippen molar-refractivity contribution in [3.63, 3.8) is 0 Å². The summed E-state index contributed by atoms with van der Waals surface area (Å²) in [7, 11) is 0. The van der Waals surface area contributed by atoms with Crippen LogP contribution >= 0.6 is 11.8 Å². The van der Waals surface area contributed by atoms with Gasteiger partial charge in [-0.05, 0) is 70.2 Å². The number of aliphatic hydroxyl groups excluding tert-OH is 1. The Morgan fingerprint density at radius 1 is 0.868 bits per heavy atom. The fourth-order valence-electron chi connectivity index (χ4n) is 4.03. The van der Waals surface area contributed by atoms with Crippen molar-refractivity contribution in [2.75, 3.05) is 25.6 Å². The second kappa shape index (κ2) is 16.0. The van der Waals surface area contributed by atoms with E-state index in [1.807, 2.05) is 13.0 Å². The van der Waals surface area contributed by atoms with Crippen molar-refractivity contribution in [2.24, 2.45) is 0 Å². The van der Waals surface area contributed by atoms with Gasteiger partial charge in [-0.15, -0.1) is 11.8 Å². The molecule has 2 rings (SSSR count). The Morgan fingerprint density at radius 3 is 2.18 bits per heavy atom. The lowest BCUT2D eigenvalue weighted by Crippen LogP contribution is -2.10. The van der Waals surface area contributed by atoms with Crippen LogP contribution in [0.15, 0.2) is 29.2 Å². The molecule has 0 saturated carbocycles. The first-order valence-electron chi connectivity index (χ1n) is 12.9. The summed E-state index contributed by atoms with van der Waals surface area (Å²) in [5, 5.41) is 28.7. The third kappa shape index (κ3) is 9.06. The fraction of sp³-hybridized carbons (Fsp3) is 0.483. The highest BCUT2D eigenvalue weighted by atomic mass is 32.2. The van der Waals surface area contributed by atoms with Crippen molar-refractivity contribution in [2.45, 2.75) is 70.6 Å². The second-order valence-corrected chi connectivity index (χ2v) is 10.1. The molecular weight excluding hydrogens is 508 g/mol. The molecular formula is C29H38O8S. The zero-order chi connectivity index (χ0) is 28.1. The zero-order valence-corrected chi connectivity index (χ0v) is 23.2. The molecule has 3 N–H and O–H groups in total. The predicted molar refractivity (Wildman–Crippen MR) is 147 cm³/mol.